The van der Waals surface area contributed by atoms with E-state index in [9.17, 15) is 0 Å². The van der Waals surface area contributed by atoms with Crippen molar-refractivity contribution < 1.29 is 4.74 Å². The minimum absolute atomic E-state index is 0.212. The summed E-state index contributed by atoms with van der Waals surface area (Å²) in [5.74, 6) is 0. The van der Waals surface area contributed by atoms with Crippen LogP contribution in [0.1, 0.15) is 24.2 Å². The Morgan fingerprint density at radius 2 is 2.00 bits per heavy atom. The van der Waals surface area contributed by atoms with Gasteiger partial charge in [0.05, 0.1) is 12.7 Å². The first-order valence-electron chi connectivity index (χ1n) is 5.19. The van der Waals surface area contributed by atoms with Gasteiger partial charge in [-0.2, -0.15) is 0 Å². The topological polar surface area (TPSA) is 21.3 Å². The van der Waals surface area contributed by atoms with E-state index in [1.165, 1.54) is 11.1 Å². The molecule has 0 aliphatic carbocycles. The fourth-order valence-electron chi connectivity index (χ4n) is 1.86. The zero-order valence-corrected chi connectivity index (χ0v) is 8.79. The molecule has 2 nitrogen and oxygen atoms in total. The molecule has 1 aliphatic rings. The number of hydrogen-bond acceptors (Lipinski definition) is 2. The first-order valence-corrected chi connectivity index (χ1v) is 5.19. The van der Waals surface area contributed by atoms with Crippen LogP contribution in [-0.2, 0) is 4.74 Å². The lowest BCUT2D eigenvalue weighted by molar-refractivity contribution is -0.000227. The largest absolute Gasteiger partial charge is 0.371 e. The van der Waals surface area contributed by atoms with Crippen LogP contribution in [0.5, 0.6) is 0 Å². The predicted octanol–water partition coefficient (Wildman–Crippen LogP) is 2.04. The molecule has 1 saturated heterocycles. The summed E-state index contributed by atoms with van der Waals surface area (Å²) in [5, 5.41) is 3.42. The third-order valence-electron chi connectivity index (χ3n) is 2.73. The molecule has 1 aliphatic heterocycles. The van der Waals surface area contributed by atoms with E-state index in [-0.39, 0.29) is 6.10 Å². The average Bonchev–Trinajstić information content (AvgIpc) is 2.20. The molecule has 1 fully saturated rings. The lowest BCUT2D eigenvalue weighted by Crippen LogP contribution is -2.41. The van der Waals surface area contributed by atoms with Crippen LogP contribution in [0.2, 0.25) is 0 Å². The average molecular weight is 191 g/mol. The Morgan fingerprint density at radius 1 is 1.29 bits per heavy atom. The summed E-state index contributed by atoms with van der Waals surface area (Å²) in [7, 11) is 0. The van der Waals surface area contributed by atoms with Gasteiger partial charge in [-0.3, -0.25) is 0 Å². The van der Waals surface area contributed by atoms with Gasteiger partial charge in [-0.1, -0.05) is 29.8 Å². The summed E-state index contributed by atoms with van der Waals surface area (Å²) < 4.78 is 5.75. The number of benzene rings is 1. The van der Waals surface area contributed by atoms with E-state index in [1.807, 2.05) is 0 Å². The Hall–Kier alpha value is -0.860. The van der Waals surface area contributed by atoms with Crippen molar-refractivity contribution in [1.82, 2.24) is 5.32 Å². The fourth-order valence-corrected chi connectivity index (χ4v) is 1.86. The van der Waals surface area contributed by atoms with Gasteiger partial charge in [-0.15, -0.1) is 0 Å². The fraction of sp³-hybridized carbons (Fsp3) is 0.500. The molecule has 14 heavy (non-hydrogen) atoms. The van der Waals surface area contributed by atoms with Crippen molar-refractivity contribution in [2.75, 3.05) is 13.2 Å². The van der Waals surface area contributed by atoms with Crippen molar-refractivity contribution in [3.05, 3.63) is 35.4 Å². The molecule has 0 saturated carbocycles. The molecule has 1 heterocycles. The third-order valence-corrected chi connectivity index (χ3v) is 2.73. The number of nitrogens with one attached hydrogen (secondary N) is 1. The van der Waals surface area contributed by atoms with Gasteiger partial charge in [0.1, 0.15) is 0 Å². The normalized spacial score (nSPS) is 27.6. The van der Waals surface area contributed by atoms with Crippen molar-refractivity contribution in [2.24, 2.45) is 0 Å². The number of rotatable bonds is 1. The minimum Gasteiger partial charge on any atom is -0.371 e. The summed E-state index contributed by atoms with van der Waals surface area (Å²) in [6.07, 6.45) is 0.212. The maximum Gasteiger partial charge on any atom is 0.0975 e. The molecule has 2 rings (SSSR count). The van der Waals surface area contributed by atoms with Crippen LogP contribution in [0.15, 0.2) is 24.3 Å². The van der Waals surface area contributed by atoms with Crippen LogP contribution in [0.4, 0.5) is 0 Å². The van der Waals surface area contributed by atoms with Gasteiger partial charge < -0.3 is 10.1 Å². The van der Waals surface area contributed by atoms with E-state index in [2.05, 4.69) is 43.4 Å². The Labute approximate surface area is 85.3 Å². The van der Waals surface area contributed by atoms with Gasteiger partial charge in [0.25, 0.3) is 0 Å². The van der Waals surface area contributed by atoms with Crippen LogP contribution in [0.3, 0.4) is 0 Å². The Bertz CT molecular complexity index is 294. The van der Waals surface area contributed by atoms with Crippen molar-refractivity contribution in [1.29, 1.82) is 0 Å². The molecule has 76 valence electrons. The molecule has 1 aromatic carbocycles. The smallest absolute Gasteiger partial charge is 0.0975 e. The first-order chi connectivity index (χ1) is 6.77. The van der Waals surface area contributed by atoms with E-state index >= 15 is 0 Å². The van der Waals surface area contributed by atoms with E-state index < -0.39 is 0 Å². The molecule has 1 N–H and O–H groups in total. The highest BCUT2D eigenvalue weighted by Crippen LogP contribution is 2.23. The molecular weight excluding hydrogens is 174 g/mol. The SMILES string of the molecule is Cc1ccc([C@H]2OCCN[C@H]2C)cc1. The second kappa shape index (κ2) is 4.11. The molecule has 0 aromatic heterocycles. The van der Waals surface area contributed by atoms with Crippen molar-refractivity contribution in [3.63, 3.8) is 0 Å². The maximum absolute atomic E-state index is 5.75. The summed E-state index contributed by atoms with van der Waals surface area (Å²) in [6.45, 7) is 6.04. The Kier molecular flexibility index (Phi) is 2.85. The molecule has 0 spiro atoms. The summed E-state index contributed by atoms with van der Waals surface area (Å²) >= 11 is 0. The predicted molar refractivity (Wildman–Crippen MR) is 57.3 cm³/mol. The highest BCUT2D eigenvalue weighted by molar-refractivity contribution is 5.24. The van der Waals surface area contributed by atoms with Crippen LogP contribution in [-0.4, -0.2) is 19.2 Å². The second-order valence-electron chi connectivity index (χ2n) is 3.94. The van der Waals surface area contributed by atoms with Gasteiger partial charge in [0.2, 0.25) is 0 Å². The number of ether oxygens (including phenoxy) is 1. The van der Waals surface area contributed by atoms with Crippen molar-refractivity contribution >= 4 is 0 Å². The van der Waals surface area contributed by atoms with Gasteiger partial charge in [-0.05, 0) is 19.4 Å². The molecule has 0 radical (unpaired) electrons. The molecule has 0 amide bonds. The standard InChI is InChI=1S/C12H17NO/c1-9-3-5-11(6-4-9)12-10(2)13-7-8-14-12/h3-6,10,12-13H,7-8H2,1-2H3/t10-,12-/m0/s1. The lowest BCUT2D eigenvalue weighted by Gasteiger charge is -2.30. The van der Waals surface area contributed by atoms with Crippen LogP contribution in [0, 0.1) is 6.92 Å². The second-order valence-corrected chi connectivity index (χ2v) is 3.94. The molecule has 1 aromatic rings. The molecular formula is C12H17NO. The lowest BCUT2D eigenvalue weighted by atomic mass is 10.0. The molecule has 0 unspecified atom stereocenters. The number of morpholine rings is 1. The molecule has 2 atom stereocenters. The summed E-state index contributed by atoms with van der Waals surface area (Å²) in [4.78, 5) is 0. The van der Waals surface area contributed by atoms with Crippen molar-refractivity contribution in [3.8, 4) is 0 Å². The zero-order valence-electron chi connectivity index (χ0n) is 8.79. The van der Waals surface area contributed by atoms with E-state index in [4.69, 9.17) is 4.74 Å². The van der Waals surface area contributed by atoms with Crippen LogP contribution >= 0.6 is 0 Å². The summed E-state index contributed by atoms with van der Waals surface area (Å²) in [6, 6.07) is 9.00. The quantitative estimate of drug-likeness (QED) is 0.733. The highest BCUT2D eigenvalue weighted by atomic mass is 16.5. The Morgan fingerprint density at radius 3 is 2.64 bits per heavy atom. The minimum atomic E-state index is 0.212. The highest BCUT2D eigenvalue weighted by Gasteiger charge is 2.22. The Balaban J connectivity index is 2.16. The number of hydrogen-bond donors (Lipinski definition) is 1. The van der Waals surface area contributed by atoms with E-state index in [1.54, 1.807) is 0 Å². The van der Waals surface area contributed by atoms with Crippen LogP contribution < -0.4 is 5.32 Å². The van der Waals surface area contributed by atoms with E-state index in [0.29, 0.717) is 6.04 Å². The third kappa shape index (κ3) is 1.97. The van der Waals surface area contributed by atoms with Gasteiger partial charge in [-0.25, -0.2) is 0 Å². The molecule has 0 bridgehead atoms. The van der Waals surface area contributed by atoms with E-state index in [0.717, 1.165) is 13.2 Å². The zero-order chi connectivity index (χ0) is 9.97. The maximum atomic E-state index is 5.75. The van der Waals surface area contributed by atoms with Crippen molar-refractivity contribution in [2.45, 2.75) is 26.0 Å². The first kappa shape index (κ1) is 9.69. The van der Waals surface area contributed by atoms with Crippen LogP contribution in [0.25, 0.3) is 0 Å². The van der Waals surface area contributed by atoms with Gasteiger partial charge in [0, 0.05) is 12.6 Å². The molecule has 2 heteroatoms. The monoisotopic (exact) mass is 191 g/mol. The number of aryl methyl sites for hydroxylation is 1. The van der Waals surface area contributed by atoms with Gasteiger partial charge >= 0.3 is 0 Å². The van der Waals surface area contributed by atoms with Gasteiger partial charge in [0.15, 0.2) is 0 Å². The summed E-state index contributed by atoms with van der Waals surface area (Å²) in [5.41, 5.74) is 2.57.